The molecule has 2 bridgehead atoms. The standard InChI is InChI=1S/C13H18O4/c1-3-16-12(14)10-8-5-6-9(7-8)11(10)13(15)17-4-2/h8-9H,3-7H2,1-2H3. The summed E-state index contributed by atoms with van der Waals surface area (Å²) in [5, 5.41) is 0. The molecule has 0 aliphatic heterocycles. The van der Waals surface area contributed by atoms with Crippen LogP contribution in [0.5, 0.6) is 0 Å². The molecule has 2 atom stereocenters. The number of fused-ring (bicyclic) bond motifs is 2. The van der Waals surface area contributed by atoms with Crippen LogP contribution in [-0.4, -0.2) is 25.2 Å². The molecule has 0 aromatic carbocycles. The molecule has 94 valence electrons. The molecule has 0 heterocycles. The Hall–Kier alpha value is -1.32. The molecule has 2 aliphatic rings. The summed E-state index contributed by atoms with van der Waals surface area (Å²) in [6.07, 6.45) is 2.88. The third kappa shape index (κ3) is 2.08. The van der Waals surface area contributed by atoms with E-state index < -0.39 is 0 Å². The Morgan fingerprint density at radius 2 is 1.41 bits per heavy atom. The van der Waals surface area contributed by atoms with Gasteiger partial charge >= 0.3 is 11.9 Å². The van der Waals surface area contributed by atoms with Gasteiger partial charge in [0.1, 0.15) is 0 Å². The fourth-order valence-electron chi connectivity index (χ4n) is 2.92. The van der Waals surface area contributed by atoms with Gasteiger partial charge in [-0.25, -0.2) is 9.59 Å². The highest BCUT2D eigenvalue weighted by Crippen LogP contribution is 2.49. The zero-order valence-corrected chi connectivity index (χ0v) is 10.3. The van der Waals surface area contributed by atoms with E-state index in [1.165, 1.54) is 0 Å². The van der Waals surface area contributed by atoms with Gasteiger partial charge in [0.2, 0.25) is 0 Å². The van der Waals surface area contributed by atoms with E-state index in [1.807, 2.05) is 0 Å². The van der Waals surface area contributed by atoms with E-state index in [9.17, 15) is 9.59 Å². The minimum absolute atomic E-state index is 0.207. The van der Waals surface area contributed by atoms with Crippen molar-refractivity contribution in [1.82, 2.24) is 0 Å². The van der Waals surface area contributed by atoms with Crippen LogP contribution in [-0.2, 0) is 19.1 Å². The molecule has 1 saturated carbocycles. The number of hydrogen-bond donors (Lipinski definition) is 0. The molecule has 0 spiro atoms. The lowest BCUT2D eigenvalue weighted by Crippen LogP contribution is -2.21. The molecule has 0 N–H and O–H groups in total. The first-order chi connectivity index (χ1) is 8.19. The third-order valence-electron chi connectivity index (χ3n) is 3.53. The van der Waals surface area contributed by atoms with E-state index in [0.29, 0.717) is 24.4 Å². The quantitative estimate of drug-likeness (QED) is 0.701. The second kappa shape index (κ2) is 4.90. The molecule has 2 unspecified atom stereocenters. The van der Waals surface area contributed by atoms with Crippen LogP contribution in [0.3, 0.4) is 0 Å². The summed E-state index contributed by atoms with van der Waals surface area (Å²) in [5.74, 6) is -0.248. The Bertz CT molecular complexity index is 336. The van der Waals surface area contributed by atoms with E-state index in [2.05, 4.69) is 0 Å². The molecule has 0 radical (unpaired) electrons. The van der Waals surface area contributed by atoms with E-state index in [-0.39, 0.29) is 23.8 Å². The summed E-state index contributed by atoms with van der Waals surface area (Å²) in [7, 11) is 0. The average molecular weight is 238 g/mol. The fraction of sp³-hybridized carbons (Fsp3) is 0.692. The van der Waals surface area contributed by atoms with Gasteiger partial charge in [0.25, 0.3) is 0 Å². The summed E-state index contributed by atoms with van der Waals surface area (Å²) >= 11 is 0. The molecule has 4 heteroatoms. The van der Waals surface area contributed by atoms with Crippen molar-refractivity contribution in [3.8, 4) is 0 Å². The Morgan fingerprint density at radius 1 is 1.00 bits per heavy atom. The zero-order valence-electron chi connectivity index (χ0n) is 10.3. The molecule has 0 saturated heterocycles. The van der Waals surface area contributed by atoms with Crippen LogP contribution in [0.2, 0.25) is 0 Å². The molecule has 2 aliphatic carbocycles. The topological polar surface area (TPSA) is 52.6 Å². The monoisotopic (exact) mass is 238 g/mol. The highest BCUT2D eigenvalue weighted by molar-refractivity contribution is 6.02. The smallest absolute Gasteiger partial charge is 0.334 e. The van der Waals surface area contributed by atoms with E-state index in [4.69, 9.17) is 9.47 Å². The summed E-state index contributed by atoms with van der Waals surface area (Å²) in [4.78, 5) is 23.7. The average Bonchev–Trinajstić information content (AvgIpc) is 2.89. The van der Waals surface area contributed by atoms with Crippen LogP contribution >= 0.6 is 0 Å². The van der Waals surface area contributed by atoms with Gasteiger partial charge in [0, 0.05) is 0 Å². The van der Waals surface area contributed by atoms with Crippen LogP contribution in [0.15, 0.2) is 11.1 Å². The number of carbonyl (C=O) groups excluding carboxylic acids is 2. The highest BCUT2D eigenvalue weighted by Gasteiger charge is 2.45. The van der Waals surface area contributed by atoms with Crippen LogP contribution in [0.1, 0.15) is 33.1 Å². The van der Waals surface area contributed by atoms with Crippen LogP contribution in [0.25, 0.3) is 0 Å². The Labute approximate surface area is 101 Å². The van der Waals surface area contributed by atoms with Gasteiger partial charge in [-0.15, -0.1) is 0 Å². The summed E-state index contributed by atoms with van der Waals surface area (Å²) in [5.41, 5.74) is 1.17. The van der Waals surface area contributed by atoms with Gasteiger partial charge in [-0.1, -0.05) is 0 Å². The van der Waals surface area contributed by atoms with Crippen LogP contribution in [0.4, 0.5) is 0 Å². The number of hydrogen-bond acceptors (Lipinski definition) is 4. The first-order valence-electron chi connectivity index (χ1n) is 6.27. The molecule has 17 heavy (non-hydrogen) atoms. The first-order valence-corrected chi connectivity index (χ1v) is 6.27. The number of rotatable bonds is 4. The van der Waals surface area contributed by atoms with Gasteiger partial charge in [0.05, 0.1) is 24.4 Å². The SMILES string of the molecule is CCOC(=O)C1=C(C(=O)OCC)C2CCC1C2. The molecular formula is C13H18O4. The molecule has 0 aromatic heterocycles. The van der Waals surface area contributed by atoms with Gasteiger partial charge in [-0.2, -0.15) is 0 Å². The summed E-state index contributed by atoms with van der Waals surface area (Å²) in [6, 6.07) is 0. The van der Waals surface area contributed by atoms with E-state index >= 15 is 0 Å². The Balaban J connectivity index is 2.27. The predicted molar refractivity (Wildman–Crippen MR) is 61.1 cm³/mol. The summed E-state index contributed by atoms with van der Waals surface area (Å²) in [6.45, 7) is 4.23. The van der Waals surface area contributed by atoms with Gasteiger partial charge in [-0.3, -0.25) is 0 Å². The fourth-order valence-corrected chi connectivity index (χ4v) is 2.92. The van der Waals surface area contributed by atoms with E-state index in [1.54, 1.807) is 13.8 Å². The maximum absolute atomic E-state index is 11.9. The highest BCUT2D eigenvalue weighted by atomic mass is 16.5. The Kier molecular flexibility index (Phi) is 3.50. The second-order valence-corrected chi connectivity index (χ2v) is 4.48. The van der Waals surface area contributed by atoms with Crippen LogP contribution in [0, 0.1) is 11.8 Å². The van der Waals surface area contributed by atoms with Gasteiger partial charge < -0.3 is 9.47 Å². The molecule has 4 nitrogen and oxygen atoms in total. The van der Waals surface area contributed by atoms with Crippen molar-refractivity contribution in [2.24, 2.45) is 11.8 Å². The molecule has 1 fully saturated rings. The lowest BCUT2D eigenvalue weighted by molar-refractivity contribution is -0.142. The van der Waals surface area contributed by atoms with Crippen molar-refractivity contribution >= 4 is 11.9 Å². The maximum atomic E-state index is 11.9. The first kappa shape index (κ1) is 12.1. The Morgan fingerprint density at radius 3 is 1.76 bits per heavy atom. The van der Waals surface area contributed by atoms with Crippen LogP contribution < -0.4 is 0 Å². The van der Waals surface area contributed by atoms with Crippen molar-refractivity contribution < 1.29 is 19.1 Å². The second-order valence-electron chi connectivity index (χ2n) is 4.48. The van der Waals surface area contributed by atoms with Gasteiger partial charge in [0.15, 0.2) is 0 Å². The van der Waals surface area contributed by atoms with Crippen molar-refractivity contribution in [3.63, 3.8) is 0 Å². The van der Waals surface area contributed by atoms with E-state index in [0.717, 1.165) is 19.3 Å². The normalized spacial score (nSPS) is 26.2. The third-order valence-corrected chi connectivity index (χ3v) is 3.53. The largest absolute Gasteiger partial charge is 0.463 e. The number of carbonyl (C=O) groups is 2. The summed E-state index contributed by atoms with van der Waals surface area (Å²) < 4.78 is 10.1. The van der Waals surface area contributed by atoms with Crippen molar-refractivity contribution in [3.05, 3.63) is 11.1 Å². The minimum atomic E-state index is -0.331. The molecular weight excluding hydrogens is 220 g/mol. The van der Waals surface area contributed by atoms with Crippen molar-refractivity contribution in [2.45, 2.75) is 33.1 Å². The molecule has 0 aromatic rings. The molecule has 0 amide bonds. The lowest BCUT2D eigenvalue weighted by Gasteiger charge is -2.17. The zero-order chi connectivity index (χ0) is 12.4. The van der Waals surface area contributed by atoms with Gasteiger partial charge in [-0.05, 0) is 44.9 Å². The lowest BCUT2D eigenvalue weighted by atomic mass is 9.92. The minimum Gasteiger partial charge on any atom is -0.463 e. The van der Waals surface area contributed by atoms with Crippen molar-refractivity contribution in [2.75, 3.05) is 13.2 Å². The maximum Gasteiger partial charge on any atom is 0.334 e. The van der Waals surface area contributed by atoms with Crippen molar-refractivity contribution in [1.29, 1.82) is 0 Å². The molecule has 2 rings (SSSR count). The number of ether oxygens (including phenoxy) is 2. The predicted octanol–water partition coefficient (Wildman–Crippen LogP) is 1.84. The number of esters is 2.